The van der Waals surface area contributed by atoms with E-state index in [1.54, 1.807) is 0 Å². The maximum Gasteiger partial charge on any atom is 2.00 e. The Balaban J connectivity index is 0. The molecule has 0 saturated carbocycles. The van der Waals surface area contributed by atoms with Gasteiger partial charge in [0.2, 0.25) is 0 Å². The molecule has 0 bridgehead atoms. The van der Waals surface area contributed by atoms with Gasteiger partial charge >= 0.3 is 33.6 Å². The van der Waals surface area contributed by atoms with Gasteiger partial charge < -0.3 is 104 Å². The summed E-state index contributed by atoms with van der Waals surface area (Å²) >= 11 is 0. The zero-order valence-corrected chi connectivity index (χ0v) is 15.9. The third kappa shape index (κ3) is 863. The predicted octanol–water partition coefficient (Wildman–Crippen LogP) is -10.7. The van der Waals surface area contributed by atoms with Crippen molar-refractivity contribution in [2.45, 2.75) is 0 Å². The summed E-state index contributed by atoms with van der Waals surface area (Å²) in [6.07, 6.45) is 0. The van der Waals surface area contributed by atoms with E-state index in [9.17, 15) is 0 Å². The molecule has 0 aromatic carbocycles. The molecule has 0 aliphatic carbocycles. The monoisotopic (exact) mass is 484 g/mol. The second-order valence-electron chi connectivity index (χ2n) is 0. The van der Waals surface area contributed by atoms with Crippen molar-refractivity contribution in [1.29, 1.82) is 0 Å². The Morgan fingerprint density at radius 2 is 0.294 bits per heavy atom. The third-order valence-corrected chi connectivity index (χ3v) is 0. The van der Waals surface area contributed by atoms with Crippen LogP contribution in [0, 0.1) is 0 Å². The molecule has 134 valence electrons. The average molecular weight is 487 g/mol. The Hall–Kier alpha value is 2.39. The van der Waals surface area contributed by atoms with Gasteiger partial charge in [-0.05, 0) is 0 Å². The SMILES string of the molecule is Cl.Cl.N.N.N.N.N.N.N.N.O.[Cl-].[Cl-].[Cl-].[Cl-].[Co+2].[Co+2]. The molecular weight excluding hydrogens is 459 g/mol. The normalized spacial score (nSPS) is 0. The molecular formula is H28Cl6Co2N8O. The van der Waals surface area contributed by atoms with Crippen molar-refractivity contribution < 1.29 is 88.7 Å². The van der Waals surface area contributed by atoms with Crippen LogP contribution < -0.4 is 98.8 Å². The molecule has 2 radical (unpaired) electrons. The Morgan fingerprint density at radius 1 is 0.294 bits per heavy atom. The van der Waals surface area contributed by atoms with Gasteiger partial charge in [-0.15, -0.1) is 24.8 Å². The van der Waals surface area contributed by atoms with Gasteiger partial charge in [-0.1, -0.05) is 0 Å². The van der Waals surface area contributed by atoms with Gasteiger partial charge in [-0.25, -0.2) is 0 Å². The van der Waals surface area contributed by atoms with E-state index in [4.69, 9.17) is 0 Å². The molecule has 0 spiro atoms. The van der Waals surface area contributed by atoms with Crippen molar-refractivity contribution in [2.24, 2.45) is 0 Å². The van der Waals surface area contributed by atoms with Crippen molar-refractivity contribution in [2.75, 3.05) is 0 Å². The van der Waals surface area contributed by atoms with E-state index >= 15 is 0 Å². The van der Waals surface area contributed by atoms with Crippen LogP contribution in [-0.4, -0.2) is 5.48 Å². The van der Waals surface area contributed by atoms with Crippen LogP contribution in [0.1, 0.15) is 0 Å². The maximum absolute atomic E-state index is 0. The van der Waals surface area contributed by atoms with Gasteiger partial charge in [0.1, 0.15) is 0 Å². The van der Waals surface area contributed by atoms with Crippen molar-refractivity contribution in [3.63, 3.8) is 0 Å². The Labute approximate surface area is 161 Å². The number of rotatable bonds is 0. The van der Waals surface area contributed by atoms with Gasteiger partial charge in [-0.2, -0.15) is 0 Å². The molecule has 17 heavy (non-hydrogen) atoms. The average Bonchev–Trinajstić information content (AvgIpc) is 0. The molecule has 0 amide bonds. The summed E-state index contributed by atoms with van der Waals surface area (Å²) in [6.45, 7) is 0. The van der Waals surface area contributed by atoms with Crippen LogP contribution in [0.15, 0.2) is 0 Å². The quantitative estimate of drug-likeness (QED) is 0.162. The fourth-order valence-electron chi connectivity index (χ4n) is 0. The van der Waals surface area contributed by atoms with Crippen LogP contribution in [0.5, 0.6) is 0 Å². The fraction of sp³-hybridized carbons (Fsp3) is 0. The van der Waals surface area contributed by atoms with E-state index < -0.39 is 0 Å². The molecule has 17 heteroatoms. The van der Waals surface area contributed by atoms with Gasteiger partial charge in [0.05, 0.1) is 0 Å². The summed E-state index contributed by atoms with van der Waals surface area (Å²) in [5.74, 6) is 0. The molecule has 0 aromatic rings. The third-order valence-electron chi connectivity index (χ3n) is 0. The van der Waals surface area contributed by atoms with Crippen LogP contribution in [-0.2, 0) is 33.6 Å². The second-order valence-corrected chi connectivity index (χ2v) is 0. The first-order valence-electron chi connectivity index (χ1n) is 0. The molecule has 0 fully saturated rings. The van der Waals surface area contributed by atoms with E-state index in [-0.39, 0.29) is 163 Å². The van der Waals surface area contributed by atoms with E-state index in [0.717, 1.165) is 0 Å². The summed E-state index contributed by atoms with van der Waals surface area (Å²) in [4.78, 5) is 0. The largest absolute Gasteiger partial charge is 2.00 e. The molecule has 0 unspecified atom stereocenters. The second kappa shape index (κ2) is 972. The van der Waals surface area contributed by atoms with Crippen molar-refractivity contribution >= 4 is 24.8 Å². The maximum atomic E-state index is 0. The molecule has 0 aromatic heterocycles. The number of hydrogen-bond acceptors (Lipinski definition) is 8. The van der Waals surface area contributed by atoms with Crippen molar-refractivity contribution in [3.8, 4) is 0 Å². The first-order chi connectivity index (χ1) is 0. The minimum absolute atomic E-state index is 0. The van der Waals surface area contributed by atoms with Gasteiger partial charge in [0, 0.05) is 0 Å². The van der Waals surface area contributed by atoms with Crippen molar-refractivity contribution in [1.82, 2.24) is 49.2 Å². The smallest absolute Gasteiger partial charge is 1.00 e. The van der Waals surface area contributed by atoms with Crippen LogP contribution >= 0.6 is 24.8 Å². The number of halogens is 6. The summed E-state index contributed by atoms with van der Waals surface area (Å²) in [5.41, 5.74) is 0. The fourth-order valence-corrected chi connectivity index (χ4v) is 0. The zero-order valence-electron chi connectivity index (χ0n) is 9.15. The Bertz CT molecular complexity index is 28.0. The minimum Gasteiger partial charge on any atom is -1.00 e. The van der Waals surface area contributed by atoms with Crippen LogP contribution in [0.25, 0.3) is 0 Å². The summed E-state index contributed by atoms with van der Waals surface area (Å²) in [5, 5.41) is 0. The first kappa shape index (κ1) is 1150. The van der Waals surface area contributed by atoms with Gasteiger partial charge in [0.25, 0.3) is 0 Å². The Morgan fingerprint density at radius 3 is 0.294 bits per heavy atom. The molecule has 0 aliphatic rings. The van der Waals surface area contributed by atoms with E-state index in [2.05, 4.69) is 0 Å². The summed E-state index contributed by atoms with van der Waals surface area (Å²) in [6, 6.07) is 0. The summed E-state index contributed by atoms with van der Waals surface area (Å²) in [7, 11) is 0. The molecule has 0 heterocycles. The molecule has 0 aliphatic heterocycles. The first-order valence-corrected chi connectivity index (χ1v) is 0. The van der Waals surface area contributed by atoms with E-state index in [0.29, 0.717) is 0 Å². The van der Waals surface area contributed by atoms with Crippen molar-refractivity contribution in [3.05, 3.63) is 0 Å². The molecule has 9 nitrogen and oxygen atoms in total. The molecule has 0 saturated heterocycles. The molecule has 26 N–H and O–H groups in total. The standard InChI is InChI=1S/6ClH.2Co.8H3N.H2O/h6*1H;;;8*1H3;1H2/q;;;;;;2*+2;;;;;;;;;/p-4. The molecule has 0 rings (SSSR count). The van der Waals surface area contributed by atoms with Crippen LogP contribution in [0.3, 0.4) is 0 Å². The van der Waals surface area contributed by atoms with Crippen LogP contribution in [0.4, 0.5) is 0 Å². The number of hydrogen-bond donors (Lipinski definition) is 8. The van der Waals surface area contributed by atoms with Gasteiger partial charge in [-0.3, -0.25) is 0 Å². The predicted molar refractivity (Wildman–Crippen MR) is 58.3 cm³/mol. The van der Waals surface area contributed by atoms with E-state index in [1.807, 2.05) is 0 Å². The minimum atomic E-state index is 0. The summed E-state index contributed by atoms with van der Waals surface area (Å²) < 4.78 is 0. The van der Waals surface area contributed by atoms with Crippen LogP contribution in [0.2, 0.25) is 0 Å². The zero-order chi connectivity index (χ0) is 0. The van der Waals surface area contributed by atoms with E-state index in [1.165, 1.54) is 0 Å². The Kier molecular flexibility index (Phi) is 65500. The molecule has 0 atom stereocenters. The topological polar surface area (TPSA) is 312 Å². The van der Waals surface area contributed by atoms with Gasteiger partial charge in [0.15, 0.2) is 0 Å².